The molecule has 0 aliphatic carbocycles. The summed E-state index contributed by atoms with van der Waals surface area (Å²) in [4.78, 5) is 17.9. The number of pyridine rings is 1. The van der Waals surface area contributed by atoms with E-state index in [2.05, 4.69) is 33.7 Å². The summed E-state index contributed by atoms with van der Waals surface area (Å²) in [5.41, 5.74) is 6.80. The molecule has 0 aliphatic rings. The maximum Gasteiger partial charge on any atom is 0.234 e. The van der Waals surface area contributed by atoms with Crippen LogP contribution in [-0.4, -0.2) is 33.8 Å². The van der Waals surface area contributed by atoms with Gasteiger partial charge in [0, 0.05) is 43.2 Å². The fraction of sp³-hybridized carbons (Fsp3) is 0.267. The minimum absolute atomic E-state index is 0.112. The van der Waals surface area contributed by atoms with Gasteiger partial charge < -0.3 is 10.6 Å². The fourth-order valence-electron chi connectivity index (χ4n) is 4.52. The summed E-state index contributed by atoms with van der Waals surface area (Å²) in [5, 5.41) is 20.0. The van der Waals surface area contributed by atoms with E-state index < -0.39 is 0 Å². The molecule has 0 saturated carbocycles. The number of anilines is 1. The van der Waals surface area contributed by atoms with Gasteiger partial charge in [0.25, 0.3) is 0 Å². The van der Waals surface area contributed by atoms with Gasteiger partial charge >= 0.3 is 0 Å². The van der Waals surface area contributed by atoms with E-state index in [0.29, 0.717) is 24.5 Å². The SMILES string of the molecule is Cc1nn(C)c(C)c1-c1ccc(NC(=O)C(CNC[C@@H](C)c2ccc(C#N)cc2)c2ccccc2)nc1. The predicted molar refractivity (Wildman–Crippen MR) is 146 cm³/mol. The number of aryl methyl sites for hydroxylation is 2. The number of carbonyl (C=O) groups excluding carboxylic acids is 1. The molecule has 188 valence electrons. The molecule has 1 amide bonds. The molecule has 2 atom stereocenters. The first-order chi connectivity index (χ1) is 17.9. The minimum Gasteiger partial charge on any atom is -0.315 e. The molecule has 0 fully saturated rings. The summed E-state index contributed by atoms with van der Waals surface area (Å²) in [7, 11) is 1.93. The third-order valence-electron chi connectivity index (χ3n) is 6.74. The van der Waals surface area contributed by atoms with Gasteiger partial charge in [-0.2, -0.15) is 10.4 Å². The lowest BCUT2D eigenvalue weighted by atomic mass is 9.96. The van der Waals surface area contributed by atoms with E-state index in [-0.39, 0.29) is 17.7 Å². The molecule has 2 heterocycles. The molecule has 2 aromatic heterocycles. The van der Waals surface area contributed by atoms with Crippen molar-refractivity contribution in [3.05, 3.63) is 101 Å². The highest BCUT2D eigenvalue weighted by atomic mass is 16.2. The molecule has 1 unspecified atom stereocenters. The Bertz CT molecular complexity index is 1390. The Hall–Kier alpha value is -4.28. The highest BCUT2D eigenvalue weighted by Gasteiger charge is 2.21. The molecule has 0 saturated heterocycles. The number of aromatic nitrogens is 3. The summed E-state index contributed by atoms with van der Waals surface area (Å²) in [5.74, 6) is 0.262. The molecular formula is C30H32N6O. The van der Waals surface area contributed by atoms with E-state index in [1.165, 1.54) is 0 Å². The van der Waals surface area contributed by atoms with Crippen LogP contribution in [0.2, 0.25) is 0 Å². The van der Waals surface area contributed by atoms with Gasteiger partial charge in [0.1, 0.15) is 5.82 Å². The van der Waals surface area contributed by atoms with E-state index in [1.54, 1.807) is 6.20 Å². The summed E-state index contributed by atoms with van der Waals surface area (Å²) >= 11 is 0. The van der Waals surface area contributed by atoms with Crippen molar-refractivity contribution in [1.82, 2.24) is 20.1 Å². The zero-order valence-corrected chi connectivity index (χ0v) is 21.7. The lowest BCUT2D eigenvalue weighted by Gasteiger charge is -2.20. The average Bonchev–Trinajstić information content (AvgIpc) is 3.18. The Morgan fingerprint density at radius 1 is 1.00 bits per heavy atom. The number of nitrogens with zero attached hydrogens (tertiary/aromatic N) is 4. The predicted octanol–water partition coefficient (Wildman–Crippen LogP) is 5.09. The van der Waals surface area contributed by atoms with E-state index >= 15 is 0 Å². The van der Waals surface area contributed by atoms with Crippen LogP contribution in [0.5, 0.6) is 0 Å². The maximum atomic E-state index is 13.4. The number of nitriles is 1. The molecular weight excluding hydrogens is 460 g/mol. The second-order valence-electron chi connectivity index (χ2n) is 9.35. The Kier molecular flexibility index (Phi) is 8.11. The lowest BCUT2D eigenvalue weighted by Crippen LogP contribution is -2.32. The molecule has 4 aromatic rings. The van der Waals surface area contributed by atoms with Gasteiger partial charge in [-0.1, -0.05) is 49.4 Å². The molecule has 37 heavy (non-hydrogen) atoms. The molecule has 0 radical (unpaired) electrons. The number of hydrogen-bond acceptors (Lipinski definition) is 5. The highest BCUT2D eigenvalue weighted by Crippen LogP contribution is 2.27. The molecule has 2 aromatic carbocycles. The largest absolute Gasteiger partial charge is 0.315 e. The van der Waals surface area contributed by atoms with Crippen molar-refractivity contribution in [3.63, 3.8) is 0 Å². The standard InChI is InChI=1S/C30H32N6O/c1-20(24-12-10-23(16-31)11-13-24)17-32-19-27(25-8-6-5-7-9-25)30(37)34-28-15-14-26(18-33-28)29-21(2)35-36(4)22(29)3/h5-15,18,20,27,32H,17,19H2,1-4H3,(H,33,34,37)/t20-,27?/m1/s1. The van der Waals surface area contributed by atoms with Crippen LogP contribution < -0.4 is 10.6 Å². The minimum atomic E-state index is -0.376. The van der Waals surface area contributed by atoms with Crippen LogP contribution in [0.3, 0.4) is 0 Å². The van der Waals surface area contributed by atoms with Crippen molar-refractivity contribution in [2.45, 2.75) is 32.6 Å². The second kappa shape index (κ2) is 11.6. The number of hydrogen-bond donors (Lipinski definition) is 2. The first kappa shape index (κ1) is 25.8. The van der Waals surface area contributed by atoms with Crippen molar-refractivity contribution >= 4 is 11.7 Å². The Morgan fingerprint density at radius 3 is 2.32 bits per heavy atom. The maximum absolute atomic E-state index is 13.4. The number of benzene rings is 2. The van der Waals surface area contributed by atoms with Crippen LogP contribution in [0.25, 0.3) is 11.1 Å². The number of nitrogens with one attached hydrogen (secondary N) is 2. The van der Waals surface area contributed by atoms with Gasteiger partial charge in [-0.05, 0) is 55.2 Å². The van der Waals surface area contributed by atoms with Crippen LogP contribution in [0.15, 0.2) is 72.9 Å². The summed E-state index contributed by atoms with van der Waals surface area (Å²) in [6.45, 7) is 7.34. The van der Waals surface area contributed by atoms with Crippen LogP contribution in [-0.2, 0) is 11.8 Å². The smallest absolute Gasteiger partial charge is 0.234 e. The van der Waals surface area contributed by atoms with Gasteiger partial charge in [0.2, 0.25) is 5.91 Å². The third-order valence-corrected chi connectivity index (χ3v) is 6.74. The van der Waals surface area contributed by atoms with Gasteiger partial charge in [-0.25, -0.2) is 4.98 Å². The van der Waals surface area contributed by atoms with E-state index in [9.17, 15) is 4.79 Å². The number of carbonyl (C=O) groups is 1. The number of rotatable bonds is 9. The molecule has 0 bridgehead atoms. The van der Waals surface area contributed by atoms with Crippen LogP contribution in [0, 0.1) is 25.2 Å². The topological polar surface area (TPSA) is 95.6 Å². The van der Waals surface area contributed by atoms with Crippen LogP contribution in [0.4, 0.5) is 5.82 Å². The monoisotopic (exact) mass is 492 g/mol. The first-order valence-electron chi connectivity index (χ1n) is 12.4. The zero-order valence-electron chi connectivity index (χ0n) is 21.7. The van der Waals surface area contributed by atoms with Crippen LogP contribution in [0.1, 0.15) is 46.8 Å². The normalized spacial score (nSPS) is 12.5. The molecule has 7 heteroatoms. The summed E-state index contributed by atoms with van der Waals surface area (Å²) < 4.78 is 1.86. The molecule has 4 rings (SSSR count). The van der Waals surface area contributed by atoms with Crippen molar-refractivity contribution in [2.75, 3.05) is 18.4 Å². The second-order valence-corrected chi connectivity index (χ2v) is 9.35. The molecule has 0 spiro atoms. The van der Waals surface area contributed by atoms with Gasteiger partial charge in [0.05, 0.1) is 23.2 Å². The molecule has 7 nitrogen and oxygen atoms in total. The average molecular weight is 493 g/mol. The van der Waals surface area contributed by atoms with Gasteiger partial charge in [-0.15, -0.1) is 0 Å². The van der Waals surface area contributed by atoms with Gasteiger partial charge in [0.15, 0.2) is 0 Å². The van der Waals surface area contributed by atoms with E-state index in [0.717, 1.165) is 33.6 Å². The molecule has 2 N–H and O–H groups in total. The Balaban J connectivity index is 1.43. The van der Waals surface area contributed by atoms with Crippen LogP contribution >= 0.6 is 0 Å². The molecule has 0 aliphatic heterocycles. The number of amides is 1. The Labute approximate surface area is 218 Å². The Morgan fingerprint density at radius 2 is 1.73 bits per heavy atom. The first-order valence-corrected chi connectivity index (χ1v) is 12.4. The zero-order chi connectivity index (χ0) is 26.4. The summed E-state index contributed by atoms with van der Waals surface area (Å²) in [6.07, 6.45) is 1.78. The van der Waals surface area contributed by atoms with Crippen molar-refractivity contribution in [3.8, 4) is 17.2 Å². The summed E-state index contributed by atoms with van der Waals surface area (Å²) in [6, 6.07) is 23.4. The quantitative estimate of drug-likeness (QED) is 0.339. The van der Waals surface area contributed by atoms with Gasteiger partial charge in [-0.3, -0.25) is 9.48 Å². The van der Waals surface area contributed by atoms with Crippen molar-refractivity contribution in [2.24, 2.45) is 7.05 Å². The van der Waals surface area contributed by atoms with Crippen molar-refractivity contribution < 1.29 is 4.79 Å². The van der Waals surface area contributed by atoms with E-state index in [1.807, 2.05) is 92.3 Å². The fourth-order valence-corrected chi connectivity index (χ4v) is 4.52. The lowest BCUT2D eigenvalue weighted by molar-refractivity contribution is -0.117. The highest BCUT2D eigenvalue weighted by molar-refractivity contribution is 5.95. The third kappa shape index (κ3) is 6.11. The van der Waals surface area contributed by atoms with Crippen molar-refractivity contribution in [1.29, 1.82) is 5.26 Å². The van der Waals surface area contributed by atoms with E-state index in [4.69, 9.17) is 5.26 Å².